The number of nitrogens with one attached hydrogen (secondary N) is 5. The van der Waals surface area contributed by atoms with Crippen LogP contribution in [0.5, 0.6) is 0 Å². The van der Waals surface area contributed by atoms with Gasteiger partial charge in [0.25, 0.3) is 5.56 Å². The number of para-hydroxylation sites is 1. The van der Waals surface area contributed by atoms with Gasteiger partial charge in [0.1, 0.15) is 23.7 Å². The van der Waals surface area contributed by atoms with Crippen molar-refractivity contribution in [2.24, 2.45) is 5.73 Å². The highest BCUT2D eigenvalue weighted by Crippen LogP contribution is 2.39. The first kappa shape index (κ1) is 43.5. The van der Waals surface area contributed by atoms with Crippen molar-refractivity contribution in [1.29, 1.82) is 5.41 Å². The van der Waals surface area contributed by atoms with E-state index in [0.29, 0.717) is 60.4 Å². The number of pyridine rings is 2. The number of hydrogen-bond donors (Lipinski definition) is 7. The first-order valence-corrected chi connectivity index (χ1v) is 20.8. The number of H-pyrrole nitrogens is 1. The normalized spacial score (nSPS) is 17.9. The zero-order valence-electron chi connectivity index (χ0n) is 33.7. The number of rotatable bonds is 12. The van der Waals surface area contributed by atoms with Gasteiger partial charge in [0.05, 0.1) is 6.04 Å². The monoisotopic (exact) mass is 833 g/mol. The molecule has 0 spiro atoms. The van der Waals surface area contributed by atoms with E-state index in [2.05, 4.69) is 20.9 Å². The molecule has 0 saturated heterocycles. The number of aromatic nitrogens is 3. The van der Waals surface area contributed by atoms with E-state index in [4.69, 9.17) is 16.1 Å². The van der Waals surface area contributed by atoms with Gasteiger partial charge in [-0.3, -0.25) is 24.0 Å². The van der Waals surface area contributed by atoms with Crippen LogP contribution < -0.4 is 27.2 Å². The lowest BCUT2D eigenvalue weighted by atomic mass is 9.97. The largest absolute Gasteiger partial charge is 0.480 e. The Morgan fingerprint density at radius 1 is 1.02 bits per heavy atom. The van der Waals surface area contributed by atoms with Crippen LogP contribution in [0.15, 0.2) is 94.0 Å². The number of hydrogen-bond acceptors (Lipinski definition) is 10. The number of amides is 3. The lowest BCUT2D eigenvalue weighted by Crippen LogP contribution is -2.57. The van der Waals surface area contributed by atoms with Crippen LogP contribution in [-0.2, 0) is 45.2 Å². The van der Waals surface area contributed by atoms with E-state index in [1.165, 1.54) is 35.1 Å². The minimum Gasteiger partial charge on any atom is -0.480 e. The number of nitrogens with zero attached hydrogens (tertiary/aromatic N) is 3. The fourth-order valence-corrected chi connectivity index (χ4v) is 8.58. The molecule has 0 radical (unpaired) electrons. The average molecular weight is 834 g/mol. The van der Waals surface area contributed by atoms with E-state index in [1.807, 2.05) is 61.7 Å². The number of carbonyl (C=O) groups is 4. The number of carboxylic acids is 1. The number of benzene rings is 2. The van der Waals surface area contributed by atoms with Crippen LogP contribution in [0.1, 0.15) is 54.4 Å². The highest BCUT2D eigenvalue weighted by Gasteiger charge is 2.34. The van der Waals surface area contributed by atoms with Crippen LogP contribution in [0.25, 0.3) is 22.0 Å². The van der Waals surface area contributed by atoms with E-state index in [9.17, 15) is 29.1 Å². The number of likely N-dealkylation sites (N-methyl/N-ethyl adjacent to an activating group) is 1. The average Bonchev–Trinajstić information content (AvgIpc) is 3.65. The predicted octanol–water partition coefficient (Wildman–Crippen LogP) is 4.14. The molecule has 0 aliphatic carbocycles. The molecule has 6 rings (SSSR count). The van der Waals surface area contributed by atoms with Gasteiger partial charge in [-0.25, -0.2) is 4.98 Å². The molecule has 15 nitrogen and oxygen atoms in total. The fraction of sp³-hybridized carbons (Fsp3) is 0.341. The quantitative estimate of drug-likeness (QED) is 0.0702. The van der Waals surface area contributed by atoms with Crippen LogP contribution >= 0.6 is 11.8 Å². The molecule has 2 aromatic carbocycles. The third-order valence-electron chi connectivity index (χ3n) is 10.8. The van der Waals surface area contributed by atoms with Crippen molar-refractivity contribution in [1.82, 2.24) is 35.4 Å². The lowest BCUT2D eigenvalue weighted by Gasteiger charge is -2.32. The number of aliphatic carboxylic acids is 1. The summed E-state index contributed by atoms with van der Waals surface area (Å²) in [4.78, 5) is 78.3. The molecule has 16 heteroatoms. The van der Waals surface area contributed by atoms with Crippen LogP contribution in [0.3, 0.4) is 0 Å². The van der Waals surface area contributed by atoms with Gasteiger partial charge < -0.3 is 46.7 Å². The highest BCUT2D eigenvalue weighted by atomic mass is 32.2. The summed E-state index contributed by atoms with van der Waals surface area (Å²) in [5.41, 5.74) is 10.6. The van der Waals surface area contributed by atoms with E-state index < -0.39 is 53.9 Å². The standard InChI is InChI=1S/C44H51N9O6S/c1-27-14-15-31(28-16-20-53(26-39(55)56)38(54)22-28)33-25-50-42(58)37(21-30-24-48-34-11-4-3-10-32(30)34)52(2)44(59)36(12-5-6-17-45)51-41(57)35(13-7-18-46)49-23-29-9-8-19-47-43(29)60-40(27)33/h3-4,8-11,14-16,18-20,22,24,35-37,46,48-49H,5-7,12-13,17,21,23,25-26,45H2,1-2H3,(H,50,58)(H,51,57)(H,55,56)/t35-,36-,37-/m0/s1. The fourth-order valence-electron chi connectivity index (χ4n) is 7.47. The SMILES string of the molecule is Cc1ccc(-c2ccn(CC(=O)O)c(=O)c2)c2c1Sc1ncccc1CN[C@@H](CCC=N)C(=O)N[C@@H](CCCCN)C(=O)N(C)[C@@H](Cc1c[nH]c3ccccc13)C(=O)NC2. The minimum atomic E-state index is -1.15. The molecule has 3 amide bonds. The third-order valence-corrected chi connectivity index (χ3v) is 12.1. The molecule has 314 valence electrons. The number of fused-ring (bicyclic) bond motifs is 3. The number of nitrogens with two attached hydrogens (primary N) is 1. The maximum absolute atomic E-state index is 14.7. The molecule has 5 aromatic rings. The molecule has 3 aromatic heterocycles. The molecule has 3 atom stereocenters. The first-order valence-electron chi connectivity index (χ1n) is 20.0. The Kier molecular flexibility index (Phi) is 14.7. The Labute approximate surface area is 352 Å². The summed E-state index contributed by atoms with van der Waals surface area (Å²) in [7, 11) is 1.58. The molecule has 1 aliphatic rings. The molecule has 1 aliphatic heterocycles. The lowest BCUT2D eigenvalue weighted by molar-refractivity contribution is -0.142. The van der Waals surface area contributed by atoms with Crippen molar-refractivity contribution < 1.29 is 24.3 Å². The second-order valence-electron chi connectivity index (χ2n) is 14.9. The van der Waals surface area contributed by atoms with Gasteiger partial charge in [0, 0.05) is 67.0 Å². The minimum absolute atomic E-state index is 0.00554. The van der Waals surface area contributed by atoms with Crippen molar-refractivity contribution in [3.8, 4) is 11.1 Å². The maximum Gasteiger partial charge on any atom is 0.323 e. The van der Waals surface area contributed by atoms with Crippen molar-refractivity contribution >= 4 is 52.6 Å². The van der Waals surface area contributed by atoms with Gasteiger partial charge in [-0.15, -0.1) is 0 Å². The van der Waals surface area contributed by atoms with Gasteiger partial charge in [-0.05, 0) is 103 Å². The second kappa shape index (κ2) is 20.2. The summed E-state index contributed by atoms with van der Waals surface area (Å²) in [5.74, 6) is -2.41. The number of carboxylic acid groups (broad SMARTS) is 1. The summed E-state index contributed by atoms with van der Waals surface area (Å²) in [6.07, 6.45) is 8.50. The summed E-state index contributed by atoms with van der Waals surface area (Å²) in [5, 5.41) is 28.1. The number of aryl methyl sites for hydroxylation is 1. The molecule has 0 unspecified atom stereocenters. The van der Waals surface area contributed by atoms with Gasteiger partial charge in [-0.1, -0.05) is 48.2 Å². The first-order chi connectivity index (χ1) is 29.0. The molecular weight excluding hydrogens is 783 g/mol. The van der Waals surface area contributed by atoms with Crippen LogP contribution in [0.2, 0.25) is 0 Å². The van der Waals surface area contributed by atoms with E-state index in [0.717, 1.165) is 37.1 Å². The van der Waals surface area contributed by atoms with Gasteiger partial charge >= 0.3 is 5.97 Å². The molecule has 0 bridgehead atoms. The Hall–Kier alpha value is -6.10. The predicted molar refractivity (Wildman–Crippen MR) is 231 cm³/mol. The van der Waals surface area contributed by atoms with Gasteiger partial charge in [0.15, 0.2) is 0 Å². The van der Waals surface area contributed by atoms with Crippen molar-refractivity contribution in [2.75, 3.05) is 13.6 Å². The van der Waals surface area contributed by atoms with E-state index in [-0.39, 0.29) is 19.5 Å². The third kappa shape index (κ3) is 10.4. The molecule has 60 heavy (non-hydrogen) atoms. The Morgan fingerprint density at radius 3 is 2.60 bits per heavy atom. The zero-order valence-corrected chi connectivity index (χ0v) is 34.5. The second-order valence-corrected chi connectivity index (χ2v) is 15.9. The Bertz CT molecular complexity index is 2430. The summed E-state index contributed by atoms with van der Waals surface area (Å²) in [6, 6.07) is 15.5. The van der Waals surface area contributed by atoms with E-state index >= 15 is 0 Å². The smallest absolute Gasteiger partial charge is 0.323 e. The van der Waals surface area contributed by atoms with Crippen molar-refractivity contribution in [3.63, 3.8) is 0 Å². The molecule has 4 heterocycles. The summed E-state index contributed by atoms with van der Waals surface area (Å²) in [6.45, 7) is 2.12. The van der Waals surface area contributed by atoms with E-state index in [1.54, 1.807) is 19.3 Å². The molecule has 0 saturated carbocycles. The Balaban J connectivity index is 1.49. The summed E-state index contributed by atoms with van der Waals surface area (Å²) < 4.78 is 1.11. The molecule has 0 fully saturated rings. The number of aromatic amines is 1. The van der Waals surface area contributed by atoms with Crippen molar-refractivity contribution in [2.45, 2.75) is 93.1 Å². The topological polar surface area (TPSA) is 228 Å². The van der Waals surface area contributed by atoms with Crippen LogP contribution in [0.4, 0.5) is 0 Å². The van der Waals surface area contributed by atoms with Gasteiger partial charge in [-0.2, -0.15) is 0 Å². The number of carbonyl (C=O) groups excluding carboxylic acids is 3. The van der Waals surface area contributed by atoms with Crippen molar-refractivity contribution in [3.05, 3.63) is 112 Å². The highest BCUT2D eigenvalue weighted by molar-refractivity contribution is 7.99. The van der Waals surface area contributed by atoms with Crippen LogP contribution in [-0.4, -0.2) is 86.2 Å². The summed E-state index contributed by atoms with van der Waals surface area (Å²) >= 11 is 1.39. The maximum atomic E-state index is 14.7. The molecule has 8 N–H and O–H groups in total. The van der Waals surface area contributed by atoms with Crippen LogP contribution in [0, 0.1) is 12.3 Å². The number of unbranched alkanes of at least 4 members (excludes halogenated alkanes) is 1. The zero-order chi connectivity index (χ0) is 42.8. The van der Waals surface area contributed by atoms with Gasteiger partial charge in [0.2, 0.25) is 17.7 Å². The molecular formula is C44H51N9O6S. The Morgan fingerprint density at radius 2 is 1.83 bits per heavy atom.